The summed E-state index contributed by atoms with van der Waals surface area (Å²) < 4.78 is 5.34. The summed E-state index contributed by atoms with van der Waals surface area (Å²) >= 11 is 0. The molecule has 2 amide bonds. The molecule has 1 saturated carbocycles. The van der Waals surface area contributed by atoms with Crippen molar-refractivity contribution in [2.75, 3.05) is 5.32 Å². The Morgan fingerprint density at radius 2 is 1.96 bits per heavy atom. The predicted octanol–water partition coefficient (Wildman–Crippen LogP) is 3.04. The van der Waals surface area contributed by atoms with E-state index in [0.717, 1.165) is 18.6 Å². The van der Waals surface area contributed by atoms with Crippen molar-refractivity contribution in [3.05, 3.63) is 11.8 Å². The summed E-state index contributed by atoms with van der Waals surface area (Å²) in [5.74, 6) is 0.869. The third-order valence-electron chi connectivity index (χ3n) is 5.05. The standard InChI is InChI=1S/C20H33N3O4/c1-5-8-15(21-19(26)17(24)20(2,3)4)18(25)22-16-12-14(27-23-16)11-13-9-6-7-10-13/h12-13,15,17,24H,5-11H2,1-4H3,(H,21,26)(H,22,23,25). The number of carbonyl (C=O) groups is 2. The fourth-order valence-corrected chi connectivity index (χ4v) is 3.38. The highest BCUT2D eigenvalue weighted by atomic mass is 16.5. The first-order valence-electron chi connectivity index (χ1n) is 9.95. The summed E-state index contributed by atoms with van der Waals surface area (Å²) in [5, 5.41) is 19.4. The summed E-state index contributed by atoms with van der Waals surface area (Å²) in [6, 6.07) is 1.03. The van der Waals surface area contributed by atoms with Gasteiger partial charge in [0, 0.05) is 12.5 Å². The first-order chi connectivity index (χ1) is 12.7. The number of aliphatic hydroxyl groups excluding tert-OH is 1. The molecule has 7 heteroatoms. The molecule has 2 atom stereocenters. The van der Waals surface area contributed by atoms with Gasteiger partial charge in [-0.05, 0) is 17.8 Å². The summed E-state index contributed by atoms with van der Waals surface area (Å²) in [6.45, 7) is 7.25. The number of aliphatic hydroxyl groups is 1. The van der Waals surface area contributed by atoms with Gasteiger partial charge in [-0.2, -0.15) is 0 Å². The van der Waals surface area contributed by atoms with Crippen molar-refractivity contribution in [1.29, 1.82) is 0 Å². The molecule has 7 nitrogen and oxygen atoms in total. The smallest absolute Gasteiger partial charge is 0.250 e. The minimum Gasteiger partial charge on any atom is -0.383 e. The lowest BCUT2D eigenvalue weighted by Gasteiger charge is -2.26. The summed E-state index contributed by atoms with van der Waals surface area (Å²) in [5.41, 5.74) is -0.599. The van der Waals surface area contributed by atoms with Gasteiger partial charge < -0.3 is 20.3 Å². The van der Waals surface area contributed by atoms with Gasteiger partial charge in [-0.3, -0.25) is 9.59 Å². The third-order valence-corrected chi connectivity index (χ3v) is 5.05. The summed E-state index contributed by atoms with van der Waals surface area (Å²) in [7, 11) is 0. The largest absolute Gasteiger partial charge is 0.383 e. The first-order valence-corrected chi connectivity index (χ1v) is 9.95. The van der Waals surface area contributed by atoms with Crippen LogP contribution >= 0.6 is 0 Å². The topological polar surface area (TPSA) is 104 Å². The van der Waals surface area contributed by atoms with E-state index in [4.69, 9.17) is 4.52 Å². The molecular weight excluding hydrogens is 346 g/mol. The van der Waals surface area contributed by atoms with E-state index in [1.807, 2.05) is 6.92 Å². The number of anilines is 1. The third kappa shape index (κ3) is 6.34. The van der Waals surface area contributed by atoms with Crippen LogP contribution in [0.15, 0.2) is 10.6 Å². The lowest BCUT2D eigenvalue weighted by Crippen LogP contribution is -2.50. The molecule has 0 bridgehead atoms. The van der Waals surface area contributed by atoms with Gasteiger partial charge in [-0.1, -0.05) is 65.0 Å². The van der Waals surface area contributed by atoms with E-state index in [-0.39, 0.29) is 5.91 Å². The van der Waals surface area contributed by atoms with E-state index in [1.165, 1.54) is 25.7 Å². The minimum atomic E-state index is -1.19. The highest BCUT2D eigenvalue weighted by Crippen LogP contribution is 2.28. The van der Waals surface area contributed by atoms with Crippen molar-refractivity contribution in [3.8, 4) is 0 Å². The maximum Gasteiger partial charge on any atom is 0.250 e. The number of hydrogen-bond donors (Lipinski definition) is 3. The fourth-order valence-electron chi connectivity index (χ4n) is 3.38. The number of hydrogen-bond acceptors (Lipinski definition) is 5. The van der Waals surface area contributed by atoms with Crippen molar-refractivity contribution in [2.24, 2.45) is 11.3 Å². The number of nitrogens with zero attached hydrogens (tertiary/aromatic N) is 1. The second-order valence-electron chi connectivity index (χ2n) is 8.64. The van der Waals surface area contributed by atoms with E-state index < -0.39 is 23.5 Å². The molecule has 1 aromatic heterocycles. The molecule has 0 spiro atoms. The van der Waals surface area contributed by atoms with E-state index in [1.54, 1.807) is 26.8 Å². The summed E-state index contributed by atoms with van der Waals surface area (Å²) in [6.07, 6.45) is 5.80. The zero-order valence-corrected chi connectivity index (χ0v) is 16.9. The molecular formula is C20H33N3O4. The van der Waals surface area contributed by atoms with Gasteiger partial charge >= 0.3 is 0 Å². The van der Waals surface area contributed by atoms with Crippen LogP contribution in [0.3, 0.4) is 0 Å². The molecule has 0 aromatic carbocycles. The number of nitrogens with one attached hydrogen (secondary N) is 2. The Morgan fingerprint density at radius 3 is 2.56 bits per heavy atom. The van der Waals surface area contributed by atoms with Crippen molar-refractivity contribution in [1.82, 2.24) is 10.5 Å². The molecule has 1 heterocycles. The van der Waals surface area contributed by atoms with Crippen LogP contribution < -0.4 is 10.6 Å². The molecule has 1 fully saturated rings. The Hall–Kier alpha value is -1.89. The van der Waals surface area contributed by atoms with Gasteiger partial charge in [0.2, 0.25) is 11.8 Å². The maximum atomic E-state index is 12.6. The number of carbonyl (C=O) groups excluding carboxylic acids is 2. The van der Waals surface area contributed by atoms with Crippen LogP contribution in [0.1, 0.15) is 72.0 Å². The van der Waals surface area contributed by atoms with E-state index >= 15 is 0 Å². The molecule has 0 saturated heterocycles. The molecule has 1 aliphatic rings. The van der Waals surface area contributed by atoms with Crippen LogP contribution in [0.5, 0.6) is 0 Å². The van der Waals surface area contributed by atoms with E-state index in [2.05, 4.69) is 15.8 Å². The molecule has 2 unspecified atom stereocenters. The number of aromatic nitrogens is 1. The van der Waals surface area contributed by atoms with Gasteiger partial charge in [-0.25, -0.2) is 0 Å². The second-order valence-corrected chi connectivity index (χ2v) is 8.64. The average Bonchev–Trinajstić information content (AvgIpc) is 3.25. The Balaban J connectivity index is 1.94. The lowest BCUT2D eigenvalue weighted by molar-refractivity contribution is -0.137. The molecule has 0 aliphatic heterocycles. The van der Waals surface area contributed by atoms with Gasteiger partial charge in [-0.15, -0.1) is 0 Å². The average molecular weight is 380 g/mol. The fraction of sp³-hybridized carbons (Fsp3) is 0.750. The van der Waals surface area contributed by atoms with Crippen molar-refractivity contribution < 1.29 is 19.2 Å². The lowest BCUT2D eigenvalue weighted by atomic mass is 9.88. The summed E-state index contributed by atoms with van der Waals surface area (Å²) in [4.78, 5) is 24.8. The van der Waals surface area contributed by atoms with Gasteiger partial charge in [0.1, 0.15) is 17.9 Å². The Bertz CT molecular complexity index is 629. The van der Waals surface area contributed by atoms with Crippen LogP contribution in [0, 0.1) is 11.3 Å². The zero-order valence-electron chi connectivity index (χ0n) is 16.9. The number of rotatable bonds is 8. The number of amides is 2. The van der Waals surface area contributed by atoms with Crippen LogP contribution in [-0.2, 0) is 16.0 Å². The van der Waals surface area contributed by atoms with Crippen molar-refractivity contribution >= 4 is 17.6 Å². The first kappa shape index (κ1) is 21.4. The quantitative estimate of drug-likeness (QED) is 0.644. The monoisotopic (exact) mass is 379 g/mol. The SMILES string of the molecule is CCCC(NC(=O)C(O)C(C)(C)C)C(=O)Nc1cc(CC2CCCC2)on1. The molecule has 152 valence electrons. The maximum absolute atomic E-state index is 12.6. The van der Waals surface area contributed by atoms with Crippen LogP contribution in [0.4, 0.5) is 5.82 Å². The van der Waals surface area contributed by atoms with Crippen molar-refractivity contribution in [3.63, 3.8) is 0 Å². The molecule has 27 heavy (non-hydrogen) atoms. The highest BCUT2D eigenvalue weighted by molar-refractivity contribution is 5.97. The normalized spacial score (nSPS) is 17.5. The van der Waals surface area contributed by atoms with E-state index in [0.29, 0.717) is 18.2 Å². The van der Waals surface area contributed by atoms with E-state index in [9.17, 15) is 14.7 Å². The Morgan fingerprint density at radius 1 is 1.30 bits per heavy atom. The van der Waals surface area contributed by atoms with Crippen LogP contribution in [0.2, 0.25) is 0 Å². The second kappa shape index (κ2) is 9.35. The molecule has 2 rings (SSSR count). The van der Waals surface area contributed by atoms with Gasteiger partial charge in [0.05, 0.1) is 0 Å². The Labute approximate surface area is 161 Å². The van der Waals surface area contributed by atoms with Crippen LogP contribution in [-0.4, -0.2) is 34.2 Å². The molecule has 0 radical (unpaired) electrons. The molecule has 3 N–H and O–H groups in total. The van der Waals surface area contributed by atoms with Crippen LogP contribution in [0.25, 0.3) is 0 Å². The minimum absolute atomic E-state index is 0.355. The van der Waals surface area contributed by atoms with Gasteiger partial charge in [0.15, 0.2) is 5.82 Å². The highest BCUT2D eigenvalue weighted by Gasteiger charge is 2.32. The van der Waals surface area contributed by atoms with Gasteiger partial charge in [0.25, 0.3) is 0 Å². The van der Waals surface area contributed by atoms with Crippen molar-refractivity contribution in [2.45, 2.75) is 84.8 Å². The Kier molecular flexibility index (Phi) is 7.41. The molecule has 1 aliphatic carbocycles. The molecule has 1 aromatic rings. The zero-order chi connectivity index (χ0) is 20.0. The predicted molar refractivity (Wildman–Crippen MR) is 103 cm³/mol.